The number of aromatic nitrogens is 2. The van der Waals surface area contributed by atoms with Crippen molar-refractivity contribution in [3.63, 3.8) is 0 Å². The van der Waals surface area contributed by atoms with E-state index in [2.05, 4.69) is 29.5 Å². The van der Waals surface area contributed by atoms with Gasteiger partial charge in [-0.05, 0) is 76.5 Å². The minimum Gasteiger partial charge on any atom is -0.475 e. The first-order chi connectivity index (χ1) is 17.8. The van der Waals surface area contributed by atoms with Crippen molar-refractivity contribution in [1.82, 2.24) is 9.97 Å². The van der Waals surface area contributed by atoms with Gasteiger partial charge in [-0.2, -0.15) is 13.2 Å². The van der Waals surface area contributed by atoms with E-state index < -0.39 is 12.1 Å². The van der Waals surface area contributed by atoms with Crippen LogP contribution in [0.25, 0.3) is 11.3 Å². The van der Waals surface area contributed by atoms with Crippen LogP contribution in [0.3, 0.4) is 0 Å². The van der Waals surface area contributed by atoms with Gasteiger partial charge in [-0.25, -0.2) is 14.8 Å². The van der Waals surface area contributed by atoms with Crippen molar-refractivity contribution in [2.24, 2.45) is 11.7 Å². The Morgan fingerprint density at radius 2 is 1.89 bits per heavy atom. The number of anilines is 2. The molecule has 3 heterocycles. The van der Waals surface area contributed by atoms with Crippen LogP contribution < -0.4 is 16.4 Å². The first-order valence-electron chi connectivity index (χ1n) is 12.7. The molecule has 0 amide bonds. The molecule has 1 saturated carbocycles. The van der Waals surface area contributed by atoms with E-state index in [0.717, 1.165) is 74.6 Å². The van der Waals surface area contributed by atoms with Gasteiger partial charge < -0.3 is 26.2 Å². The second-order valence-electron chi connectivity index (χ2n) is 10.4. The van der Waals surface area contributed by atoms with Crippen LogP contribution in [0.2, 0.25) is 5.02 Å². The fourth-order valence-corrected chi connectivity index (χ4v) is 4.85. The molecule has 38 heavy (non-hydrogen) atoms. The predicted octanol–water partition coefficient (Wildman–Crippen LogP) is 5.73. The Hall–Kier alpha value is -2.63. The molecule has 2 aromatic rings. The number of alkyl halides is 3. The van der Waals surface area contributed by atoms with Crippen molar-refractivity contribution in [3.05, 3.63) is 35.5 Å². The number of pyridine rings is 2. The fourth-order valence-electron chi connectivity index (χ4n) is 4.65. The van der Waals surface area contributed by atoms with Gasteiger partial charge in [0.05, 0.1) is 16.3 Å². The largest absolute Gasteiger partial charge is 0.490 e. The van der Waals surface area contributed by atoms with E-state index in [1.807, 2.05) is 24.3 Å². The van der Waals surface area contributed by atoms with Gasteiger partial charge in [0.2, 0.25) is 0 Å². The highest BCUT2D eigenvalue weighted by Crippen LogP contribution is 2.31. The van der Waals surface area contributed by atoms with Crippen molar-refractivity contribution in [2.45, 2.75) is 76.2 Å². The lowest BCUT2D eigenvalue weighted by molar-refractivity contribution is -0.192. The number of hydrogen-bond acceptors (Lipinski definition) is 7. The molecule has 0 aromatic carbocycles. The minimum atomic E-state index is -5.08. The molecule has 5 N–H and O–H groups in total. The molecule has 0 radical (unpaired) electrons. The second-order valence-corrected chi connectivity index (χ2v) is 10.8. The maximum absolute atomic E-state index is 10.6. The molecular formula is C26H35ClF3N5O3. The lowest BCUT2D eigenvalue weighted by atomic mass is 9.88. The van der Waals surface area contributed by atoms with E-state index in [1.54, 1.807) is 6.20 Å². The van der Waals surface area contributed by atoms with Crippen LogP contribution in [0.4, 0.5) is 24.8 Å². The predicted molar refractivity (Wildman–Crippen MR) is 141 cm³/mol. The summed E-state index contributed by atoms with van der Waals surface area (Å²) in [4.78, 5) is 18.2. The quantitative estimate of drug-likeness (QED) is 0.355. The molecule has 4 rings (SSSR count). The van der Waals surface area contributed by atoms with Crippen LogP contribution in [0.5, 0.6) is 0 Å². The van der Waals surface area contributed by atoms with Crippen LogP contribution in [0.1, 0.15) is 52.4 Å². The number of carboxylic acid groups (broad SMARTS) is 1. The number of nitrogens with one attached hydrogen (secondary N) is 2. The van der Waals surface area contributed by atoms with Crippen molar-refractivity contribution in [2.75, 3.05) is 23.8 Å². The number of nitrogens with two attached hydrogens (primary N) is 1. The average Bonchev–Trinajstić information content (AvgIpc) is 2.85. The molecule has 0 spiro atoms. The Kier molecular flexibility index (Phi) is 10.2. The molecule has 2 fully saturated rings. The van der Waals surface area contributed by atoms with Crippen molar-refractivity contribution in [3.8, 4) is 11.3 Å². The first-order valence-corrected chi connectivity index (χ1v) is 13.0. The number of hydrogen-bond donors (Lipinski definition) is 4. The van der Waals surface area contributed by atoms with Gasteiger partial charge in [-0.15, -0.1) is 0 Å². The Bertz CT molecular complexity index is 1080. The molecule has 2 aromatic heterocycles. The van der Waals surface area contributed by atoms with Gasteiger partial charge in [0.1, 0.15) is 11.6 Å². The molecular weight excluding hydrogens is 523 g/mol. The summed E-state index contributed by atoms with van der Waals surface area (Å²) in [5, 5.41) is 14.8. The molecule has 1 atom stereocenters. The van der Waals surface area contributed by atoms with Crippen LogP contribution in [0, 0.1) is 5.92 Å². The number of carbonyl (C=O) groups is 1. The molecule has 210 valence electrons. The zero-order valence-electron chi connectivity index (χ0n) is 21.5. The molecule has 0 bridgehead atoms. The van der Waals surface area contributed by atoms with Gasteiger partial charge in [-0.1, -0.05) is 17.7 Å². The van der Waals surface area contributed by atoms with Crippen molar-refractivity contribution >= 4 is 29.2 Å². The highest BCUT2D eigenvalue weighted by molar-refractivity contribution is 6.33. The summed E-state index contributed by atoms with van der Waals surface area (Å²) in [5.74, 6) is -0.472. The van der Waals surface area contributed by atoms with Gasteiger partial charge in [-0.3, -0.25) is 0 Å². The monoisotopic (exact) mass is 557 g/mol. The van der Waals surface area contributed by atoms with Gasteiger partial charge in [0.15, 0.2) is 0 Å². The Balaban J connectivity index is 0.000000505. The summed E-state index contributed by atoms with van der Waals surface area (Å²) in [6, 6.07) is 8.76. The maximum Gasteiger partial charge on any atom is 0.490 e. The van der Waals surface area contributed by atoms with E-state index in [0.29, 0.717) is 23.0 Å². The molecule has 8 nitrogen and oxygen atoms in total. The van der Waals surface area contributed by atoms with Crippen LogP contribution in [0.15, 0.2) is 30.5 Å². The van der Waals surface area contributed by atoms with Crippen LogP contribution in [-0.2, 0) is 9.53 Å². The number of rotatable bonds is 6. The van der Waals surface area contributed by atoms with Crippen molar-refractivity contribution < 1.29 is 27.8 Å². The summed E-state index contributed by atoms with van der Waals surface area (Å²) in [6.45, 7) is 6.04. The lowest BCUT2D eigenvalue weighted by Gasteiger charge is -2.35. The third-order valence-electron chi connectivity index (χ3n) is 6.62. The third-order valence-corrected chi connectivity index (χ3v) is 6.92. The topological polar surface area (TPSA) is 122 Å². The Labute approximate surface area is 225 Å². The van der Waals surface area contributed by atoms with Gasteiger partial charge >= 0.3 is 12.1 Å². The normalized spacial score (nSPS) is 23.1. The van der Waals surface area contributed by atoms with Crippen molar-refractivity contribution in [1.29, 1.82) is 0 Å². The molecule has 1 saturated heterocycles. The van der Waals surface area contributed by atoms with Gasteiger partial charge in [0.25, 0.3) is 0 Å². The number of nitrogens with zero attached hydrogens (tertiary/aromatic N) is 2. The van der Waals surface area contributed by atoms with Crippen LogP contribution in [-0.4, -0.2) is 58.1 Å². The molecule has 1 aliphatic heterocycles. The number of aliphatic carboxylic acids is 1. The summed E-state index contributed by atoms with van der Waals surface area (Å²) in [6.07, 6.45) is 3.00. The Morgan fingerprint density at radius 3 is 2.53 bits per heavy atom. The summed E-state index contributed by atoms with van der Waals surface area (Å²) >= 11 is 6.49. The molecule has 12 heteroatoms. The molecule has 2 aliphatic rings. The summed E-state index contributed by atoms with van der Waals surface area (Å²) in [7, 11) is 0. The van der Waals surface area contributed by atoms with E-state index >= 15 is 0 Å². The lowest BCUT2D eigenvalue weighted by Crippen LogP contribution is -2.36. The zero-order chi connectivity index (χ0) is 27.9. The number of ether oxygens (including phenoxy) is 1. The van der Waals surface area contributed by atoms with E-state index in [1.165, 1.54) is 0 Å². The summed E-state index contributed by atoms with van der Waals surface area (Å²) < 4.78 is 37.6. The van der Waals surface area contributed by atoms with E-state index in [9.17, 15) is 13.2 Å². The maximum atomic E-state index is 10.6. The third kappa shape index (κ3) is 9.28. The smallest absolute Gasteiger partial charge is 0.475 e. The molecule has 0 unspecified atom stereocenters. The second kappa shape index (κ2) is 12.9. The number of carboxylic acids is 1. The minimum absolute atomic E-state index is 0.0444. The van der Waals surface area contributed by atoms with Gasteiger partial charge in [0, 0.05) is 37.0 Å². The standard InChI is InChI=1S/C24H34ClN5O.C2HF3O2/c1-24(2)13-16(10-11-31-24)14-27-22-5-3-4-21(30-22)19-12-23(28-15-20(19)25)29-18-8-6-17(26)7-9-18;3-2(4,5)1(6)7/h3-5,12,15-18H,6-11,13-14,26H2,1-2H3,(H,27,30)(H,28,29);(H,6,7)/t16-,17?,18?;/m1./s1. The number of halogens is 4. The average molecular weight is 558 g/mol. The molecule has 1 aliphatic carbocycles. The zero-order valence-corrected chi connectivity index (χ0v) is 22.3. The first kappa shape index (κ1) is 29.9. The van der Waals surface area contributed by atoms with E-state index in [-0.39, 0.29) is 5.60 Å². The highest BCUT2D eigenvalue weighted by atomic mass is 35.5. The SMILES string of the molecule is CC1(C)C[C@H](CNc2cccc(-c3cc(NC4CCC(N)CC4)ncc3Cl)n2)CCO1.O=C(O)C(F)(F)F. The highest BCUT2D eigenvalue weighted by Gasteiger charge is 2.38. The Morgan fingerprint density at radius 1 is 1.21 bits per heavy atom. The van der Waals surface area contributed by atoms with E-state index in [4.69, 9.17) is 37.0 Å². The summed E-state index contributed by atoms with van der Waals surface area (Å²) in [5.41, 5.74) is 7.72. The van der Waals surface area contributed by atoms with Crippen LogP contribution >= 0.6 is 11.6 Å². The fraction of sp³-hybridized carbons (Fsp3) is 0.577.